The second-order valence-electron chi connectivity index (χ2n) is 4.88. The average Bonchev–Trinajstić information content (AvgIpc) is 2.73. The zero-order valence-electron chi connectivity index (χ0n) is 11.3. The van der Waals surface area contributed by atoms with Crippen molar-refractivity contribution in [1.82, 2.24) is 15.1 Å². The van der Waals surface area contributed by atoms with Crippen molar-refractivity contribution in [3.8, 4) is 0 Å². The van der Waals surface area contributed by atoms with Gasteiger partial charge >= 0.3 is 5.97 Å². The Morgan fingerprint density at radius 2 is 2.16 bits per heavy atom. The summed E-state index contributed by atoms with van der Waals surface area (Å²) in [5.74, 6) is -1.33. The summed E-state index contributed by atoms with van der Waals surface area (Å²) in [5, 5.41) is 15.4. The molecule has 1 aromatic rings. The van der Waals surface area contributed by atoms with E-state index in [1.54, 1.807) is 17.9 Å². The molecule has 0 fully saturated rings. The molecule has 2 atom stereocenters. The quantitative estimate of drug-likeness (QED) is 0.674. The predicted octanol–water partition coefficient (Wildman–Crippen LogP) is 0.0354. The van der Waals surface area contributed by atoms with Gasteiger partial charge in [0.15, 0.2) is 0 Å². The molecule has 4 N–H and O–H groups in total. The van der Waals surface area contributed by atoms with Crippen LogP contribution in [0.5, 0.6) is 0 Å². The molecule has 1 rings (SSSR count). The molecule has 1 heterocycles. The number of nitrogens with two attached hydrogens (primary N) is 1. The van der Waals surface area contributed by atoms with Gasteiger partial charge in [0.25, 0.3) is 0 Å². The third kappa shape index (κ3) is 4.36. The zero-order valence-corrected chi connectivity index (χ0v) is 11.3. The molecule has 7 nitrogen and oxygen atoms in total. The molecular formula is C12H20N4O3. The van der Waals surface area contributed by atoms with Gasteiger partial charge in [0.05, 0.1) is 12.6 Å². The minimum absolute atomic E-state index is 0.0150. The van der Waals surface area contributed by atoms with E-state index in [9.17, 15) is 9.59 Å². The molecule has 2 unspecified atom stereocenters. The molecule has 0 spiro atoms. The number of carbonyl (C=O) groups excluding carboxylic acids is 1. The third-order valence-electron chi connectivity index (χ3n) is 2.89. The van der Waals surface area contributed by atoms with Crippen LogP contribution < -0.4 is 11.1 Å². The van der Waals surface area contributed by atoms with Crippen LogP contribution in [0.15, 0.2) is 12.4 Å². The average molecular weight is 268 g/mol. The summed E-state index contributed by atoms with van der Waals surface area (Å²) in [4.78, 5) is 22.7. The Labute approximate surface area is 111 Å². The number of carboxylic acids is 1. The van der Waals surface area contributed by atoms with E-state index in [1.165, 1.54) is 6.20 Å². The third-order valence-corrected chi connectivity index (χ3v) is 2.89. The molecule has 19 heavy (non-hydrogen) atoms. The molecule has 0 aromatic carbocycles. The second kappa shape index (κ2) is 6.33. The number of amides is 1. The van der Waals surface area contributed by atoms with Crippen LogP contribution in [0, 0.1) is 5.92 Å². The lowest BCUT2D eigenvalue weighted by atomic mass is 10.00. The molecule has 0 aliphatic rings. The monoisotopic (exact) mass is 268 g/mol. The van der Waals surface area contributed by atoms with E-state index in [-0.39, 0.29) is 12.3 Å². The minimum Gasteiger partial charge on any atom is -0.481 e. The van der Waals surface area contributed by atoms with Gasteiger partial charge in [-0.3, -0.25) is 14.3 Å². The smallest absolute Gasteiger partial charge is 0.305 e. The summed E-state index contributed by atoms with van der Waals surface area (Å²) in [6.45, 7) is 3.70. The van der Waals surface area contributed by atoms with E-state index in [0.29, 0.717) is 5.56 Å². The summed E-state index contributed by atoms with van der Waals surface area (Å²) < 4.78 is 1.56. The fourth-order valence-corrected chi connectivity index (χ4v) is 1.67. The van der Waals surface area contributed by atoms with Gasteiger partial charge in [-0.1, -0.05) is 13.8 Å². The van der Waals surface area contributed by atoms with Crippen molar-refractivity contribution in [3.05, 3.63) is 18.0 Å². The maximum absolute atomic E-state index is 12.0. The number of rotatable bonds is 6. The predicted molar refractivity (Wildman–Crippen MR) is 69.2 cm³/mol. The van der Waals surface area contributed by atoms with Crippen molar-refractivity contribution in [2.75, 3.05) is 0 Å². The molecule has 0 bridgehead atoms. The maximum atomic E-state index is 12.0. The Morgan fingerprint density at radius 1 is 1.53 bits per heavy atom. The van der Waals surface area contributed by atoms with Crippen molar-refractivity contribution in [2.24, 2.45) is 18.7 Å². The molecule has 0 saturated heterocycles. The summed E-state index contributed by atoms with van der Waals surface area (Å²) in [5.41, 5.74) is 6.41. The van der Waals surface area contributed by atoms with Crippen LogP contribution >= 0.6 is 0 Å². The highest BCUT2D eigenvalue weighted by molar-refractivity contribution is 5.83. The number of aryl methyl sites for hydroxylation is 1. The highest BCUT2D eigenvalue weighted by Crippen LogP contribution is 2.12. The number of nitrogens with zero attached hydrogens (tertiary/aromatic N) is 2. The van der Waals surface area contributed by atoms with Crippen LogP contribution in [0.2, 0.25) is 0 Å². The zero-order chi connectivity index (χ0) is 14.6. The molecule has 0 aliphatic carbocycles. The van der Waals surface area contributed by atoms with Gasteiger partial charge < -0.3 is 16.2 Å². The number of carboxylic acid groups (broad SMARTS) is 1. The molecule has 1 amide bonds. The maximum Gasteiger partial charge on any atom is 0.305 e. The lowest BCUT2D eigenvalue weighted by Gasteiger charge is -2.22. The summed E-state index contributed by atoms with van der Waals surface area (Å²) in [7, 11) is 1.73. The number of carbonyl (C=O) groups is 2. The van der Waals surface area contributed by atoms with Crippen LogP contribution in [0.3, 0.4) is 0 Å². The first-order chi connectivity index (χ1) is 8.81. The highest BCUT2D eigenvalue weighted by atomic mass is 16.4. The van der Waals surface area contributed by atoms with E-state index in [4.69, 9.17) is 10.8 Å². The lowest BCUT2D eigenvalue weighted by molar-refractivity contribution is -0.138. The normalized spacial score (nSPS) is 14.2. The van der Waals surface area contributed by atoms with Gasteiger partial charge in [-0.15, -0.1) is 0 Å². The molecule has 0 aliphatic heterocycles. The summed E-state index contributed by atoms with van der Waals surface area (Å²) >= 11 is 0. The van der Waals surface area contributed by atoms with Crippen molar-refractivity contribution in [3.63, 3.8) is 0 Å². The lowest BCUT2D eigenvalue weighted by Crippen LogP contribution is -2.44. The van der Waals surface area contributed by atoms with E-state index < -0.39 is 24.0 Å². The first kappa shape index (κ1) is 15.2. The molecule has 0 radical (unpaired) electrons. The molecule has 0 saturated carbocycles. The van der Waals surface area contributed by atoms with Gasteiger partial charge in [0, 0.05) is 24.8 Å². The summed E-state index contributed by atoms with van der Waals surface area (Å²) in [6.07, 6.45) is 3.06. The number of aromatic nitrogens is 2. The van der Waals surface area contributed by atoms with Crippen LogP contribution in [-0.4, -0.2) is 32.8 Å². The summed E-state index contributed by atoms with van der Waals surface area (Å²) in [6, 6.07) is -1.28. The van der Waals surface area contributed by atoms with Gasteiger partial charge in [0.1, 0.15) is 6.04 Å². The Balaban J connectivity index is 2.68. The fourth-order valence-electron chi connectivity index (χ4n) is 1.67. The van der Waals surface area contributed by atoms with Gasteiger partial charge in [0.2, 0.25) is 5.91 Å². The topological polar surface area (TPSA) is 110 Å². The molecule has 7 heteroatoms. The van der Waals surface area contributed by atoms with Crippen molar-refractivity contribution >= 4 is 11.9 Å². The van der Waals surface area contributed by atoms with Gasteiger partial charge in [-0.2, -0.15) is 5.10 Å². The van der Waals surface area contributed by atoms with Crippen molar-refractivity contribution < 1.29 is 14.7 Å². The minimum atomic E-state index is -0.950. The van der Waals surface area contributed by atoms with E-state index >= 15 is 0 Å². The number of nitrogens with one attached hydrogen (secondary N) is 1. The van der Waals surface area contributed by atoms with E-state index in [1.807, 2.05) is 13.8 Å². The van der Waals surface area contributed by atoms with E-state index in [0.717, 1.165) is 0 Å². The number of aliphatic carboxylic acids is 1. The SMILES string of the molecule is CC(C)C(CC(=O)O)NC(=O)C(N)c1cnn(C)c1. The Kier molecular flexibility index (Phi) is 5.05. The standard InChI is InChI=1S/C12H20N4O3/c1-7(2)9(4-10(17)18)15-12(19)11(13)8-5-14-16(3)6-8/h5-7,9,11H,4,13H2,1-3H3,(H,15,19)(H,17,18). The van der Waals surface area contributed by atoms with Gasteiger partial charge in [-0.25, -0.2) is 0 Å². The first-order valence-electron chi connectivity index (χ1n) is 6.07. The fraction of sp³-hybridized carbons (Fsp3) is 0.583. The Hall–Kier alpha value is -1.89. The highest BCUT2D eigenvalue weighted by Gasteiger charge is 2.24. The molecule has 1 aromatic heterocycles. The van der Waals surface area contributed by atoms with E-state index in [2.05, 4.69) is 10.4 Å². The molecule has 106 valence electrons. The largest absolute Gasteiger partial charge is 0.481 e. The van der Waals surface area contributed by atoms with Crippen LogP contribution in [0.25, 0.3) is 0 Å². The Morgan fingerprint density at radius 3 is 2.58 bits per heavy atom. The van der Waals surface area contributed by atoms with Crippen LogP contribution in [-0.2, 0) is 16.6 Å². The van der Waals surface area contributed by atoms with Crippen molar-refractivity contribution in [1.29, 1.82) is 0 Å². The Bertz CT molecular complexity index is 456. The first-order valence-corrected chi connectivity index (χ1v) is 6.07. The van der Waals surface area contributed by atoms with Gasteiger partial charge in [-0.05, 0) is 5.92 Å². The number of hydrogen-bond acceptors (Lipinski definition) is 4. The van der Waals surface area contributed by atoms with Crippen LogP contribution in [0.1, 0.15) is 31.9 Å². The second-order valence-corrected chi connectivity index (χ2v) is 4.88. The number of hydrogen-bond donors (Lipinski definition) is 3. The molecular weight excluding hydrogens is 248 g/mol. The van der Waals surface area contributed by atoms with Crippen molar-refractivity contribution in [2.45, 2.75) is 32.4 Å². The van der Waals surface area contributed by atoms with Crippen LogP contribution in [0.4, 0.5) is 0 Å².